The number of hydrogen-bond donors (Lipinski definition) is 2. The van der Waals surface area contributed by atoms with Crippen molar-refractivity contribution in [3.8, 4) is 11.3 Å². The lowest BCUT2D eigenvalue weighted by Gasteiger charge is -2.12. The first-order chi connectivity index (χ1) is 16.0. The molecule has 2 aromatic heterocycles. The SMILES string of the molecule is Cc1ccc(NC(=O)c2ccc(CC(C)C)cc2)cc1Nc1nccc(-c2cncnc2)n1. The van der Waals surface area contributed by atoms with Gasteiger partial charge in [-0.3, -0.25) is 4.79 Å². The highest BCUT2D eigenvalue weighted by molar-refractivity contribution is 6.04. The van der Waals surface area contributed by atoms with E-state index in [1.165, 1.54) is 11.9 Å². The number of anilines is 3. The summed E-state index contributed by atoms with van der Waals surface area (Å²) < 4.78 is 0. The Morgan fingerprint density at radius 3 is 2.48 bits per heavy atom. The molecule has 4 rings (SSSR count). The number of benzene rings is 2. The van der Waals surface area contributed by atoms with Crippen LogP contribution in [-0.4, -0.2) is 25.8 Å². The fraction of sp³-hybridized carbons (Fsp3) is 0.192. The lowest BCUT2D eigenvalue weighted by Crippen LogP contribution is -2.12. The quantitative estimate of drug-likeness (QED) is 0.399. The highest BCUT2D eigenvalue weighted by atomic mass is 16.1. The van der Waals surface area contributed by atoms with Crippen molar-refractivity contribution >= 4 is 23.2 Å². The molecule has 2 N–H and O–H groups in total. The largest absolute Gasteiger partial charge is 0.324 e. The average Bonchev–Trinajstić information content (AvgIpc) is 2.82. The van der Waals surface area contributed by atoms with Crippen LogP contribution < -0.4 is 10.6 Å². The molecule has 166 valence electrons. The Morgan fingerprint density at radius 1 is 1.00 bits per heavy atom. The Balaban J connectivity index is 1.49. The molecular formula is C26H26N6O. The second kappa shape index (κ2) is 9.99. The third kappa shape index (κ3) is 5.77. The third-order valence-corrected chi connectivity index (χ3v) is 5.11. The molecule has 4 aromatic rings. The second-order valence-corrected chi connectivity index (χ2v) is 8.30. The van der Waals surface area contributed by atoms with Gasteiger partial charge >= 0.3 is 0 Å². The number of rotatable bonds is 7. The van der Waals surface area contributed by atoms with Gasteiger partial charge in [0.25, 0.3) is 5.91 Å². The van der Waals surface area contributed by atoms with Crippen molar-refractivity contribution in [1.29, 1.82) is 0 Å². The van der Waals surface area contributed by atoms with Gasteiger partial charge in [0, 0.05) is 41.1 Å². The van der Waals surface area contributed by atoms with E-state index >= 15 is 0 Å². The number of carbonyl (C=O) groups excluding carboxylic acids is 1. The highest BCUT2D eigenvalue weighted by Gasteiger charge is 2.10. The Bertz CT molecular complexity index is 1240. The molecule has 0 saturated heterocycles. The molecule has 0 radical (unpaired) electrons. The van der Waals surface area contributed by atoms with Gasteiger partial charge in [0.05, 0.1) is 5.69 Å². The fourth-order valence-electron chi connectivity index (χ4n) is 3.43. The number of nitrogens with zero attached hydrogens (tertiary/aromatic N) is 4. The predicted molar refractivity (Wildman–Crippen MR) is 130 cm³/mol. The van der Waals surface area contributed by atoms with E-state index < -0.39 is 0 Å². The smallest absolute Gasteiger partial charge is 0.255 e. The molecule has 0 bridgehead atoms. The summed E-state index contributed by atoms with van der Waals surface area (Å²) in [6.45, 7) is 6.35. The first-order valence-electron chi connectivity index (χ1n) is 10.8. The van der Waals surface area contributed by atoms with Gasteiger partial charge in [-0.2, -0.15) is 0 Å². The van der Waals surface area contributed by atoms with Crippen LogP contribution in [0.15, 0.2) is 73.4 Å². The number of aromatic nitrogens is 4. The average molecular weight is 439 g/mol. The summed E-state index contributed by atoms with van der Waals surface area (Å²) in [5, 5.41) is 6.22. The number of amides is 1. The van der Waals surface area contributed by atoms with E-state index in [1.54, 1.807) is 24.7 Å². The minimum Gasteiger partial charge on any atom is -0.324 e. The molecule has 0 aliphatic carbocycles. The molecule has 0 aliphatic heterocycles. The minimum atomic E-state index is -0.150. The van der Waals surface area contributed by atoms with Crippen LogP contribution in [0.3, 0.4) is 0 Å². The van der Waals surface area contributed by atoms with Crippen molar-refractivity contribution < 1.29 is 4.79 Å². The summed E-state index contributed by atoms with van der Waals surface area (Å²) in [5.74, 6) is 0.876. The summed E-state index contributed by atoms with van der Waals surface area (Å²) in [5.41, 5.74) is 5.87. The van der Waals surface area contributed by atoms with Crippen LogP contribution in [0, 0.1) is 12.8 Å². The van der Waals surface area contributed by atoms with Crippen molar-refractivity contribution in [2.45, 2.75) is 27.2 Å². The standard InChI is InChI=1S/C26H26N6O/c1-17(2)12-19-5-7-20(8-6-19)25(33)30-22-9-4-18(3)24(13-22)32-26-29-11-10-23(31-26)21-14-27-16-28-15-21/h4-11,13-17H,12H2,1-3H3,(H,30,33)(H,29,31,32). The number of carbonyl (C=O) groups is 1. The zero-order valence-corrected chi connectivity index (χ0v) is 18.9. The van der Waals surface area contributed by atoms with E-state index in [0.29, 0.717) is 23.1 Å². The molecule has 2 heterocycles. The molecule has 7 heteroatoms. The van der Waals surface area contributed by atoms with Crippen LogP contribution in [0.4, 0.5) is 17.3 Å². The molecule has 0 atom stereocenters. The van der Waals surface area contributed by atoms with Crippen molar-refractivity contribution in [3.05, 3.63) is 90.1 Å². The number of hydrogen-bond acceptors (Lipinski definition) is 6. The summed E-state index contributed by atoms with van der Waals surface area (Å²) in [7, 11) is 0. The fourth-order valence-corrected chi connectivity index (χ4v) is 3.43. The van der Waals surface area contributed by atoms with Crippen molar-refractivity contribution in [2.75, 3.05) is 10.6 Å². The lowest BCUT2D eigenvalue weighted by molar-refractivity contribution is 0.102. The van der Waals surface area contributed by atoms with E-state index in [-0.39, 0.29) is 5.91 Å². The van der Waals surface area contributed by atoms with E-state index in [9.17, 15) is 4.79 Å². The Kier molecular flexibility index (Phi) is 6.69. The summed E-state index contributed by atoms with van der Waals surface area (Å²) in [6.07, 6.45) is 7.57. The lowest BCUT2D eigenvalue weighted by atomic mass is 10.0. The maximum atomic E-state index is 12.7. The van der Waals surface area contributed by atoms with Gasteiger partial charge in [-0.25, -0.2) is 19.9 Å². The summed E-state index contributed by atoms with van der Waals surface area (Å²) in [4.78, 5) is 29.7. The molecule has 0 unspecified atom stereocenters. The van der Waals surface area contributed by atoms with Crippen LogP contribution in [0.5, 0.6) is 0 Å². The third-order valence-electron chi connectivity index (χ3n) is 5.11. The van der Waals surface area contributed by atoms with Crippen molar-refractivity contribution in [2.24, 2.45) is 5.92 Å². The van der Waals surface area contributed by atoms with Gasteiger partial charge in [-0.15, -0.1) is 0 Å². The van der Waals surface area contributed by atoms with Crippen LogP contribution in [0.25, 0.3) is 11.3 Å². The van der Waals surface area contributed by atoms with Crippen LogP contribution in [-0.2, 0) is 6.42 Å². The van der Waals surface area contributed by atoms with Gasteiger partial charge in [0.15, 0.2) is 0 Å². The van der Waals surface area contributed by atoms with E-state index in [2.05, 4.69) is 44.4 Å². The molecule has 2 aromatic carbocycles. The Labute approximate surface area is 193 Å². The van der Waals surface area contributed by atoms with Crippen LogP contribution >= 0.6 is 0 Å². The maximum Gasteiger partial charge on any atom is 0.255 e. The van der Waals surface area contributed by atoms with Gasteiger partial charge in [0.1, 0.15) is 6.33 Å². The van der Waals surface area contributed by atoms with Gasteiger partial charge < -0.3 is 10.6 Å². The molecule has 0 spiro atoms. The first kappa shape index (κ1) is 22.1. The summed E-state index contributed by atoms with van der Waals surface area (Å²) >= 11 is 0. The molecule has 1 amide bonds. The molecule has 0 aliphatic rings. The van der Waals surface area contributed by atoms with Gasteiger partial charge in [-0.05, 0) is 60.7 Å². The normalized spacial score (nSPS) is 10.8. The Hall–Kier alpha value is -4.13. The minimum absolute atomic E-state index is 0.150. The maximum absolute atomic E-state index is 12.7. The molecule has 0 fully saturated rings. The number of aryl methyl sites for hydroxylation is 1. The zero-order valence-electron chi connectivity index (χ0n) is 18.9. The molecule has 0 saturated carbocycles. The highest BCUT2D eigenvalue weighted by Crippen LogP contribution is 2.24. The first-order valence-corrected chi connectivity index (χ1v) is 10.8. The van der Waals surface area contributed by atoms with Crippen molar-refractivity contribution in [1.82, 2.24) is 19.9 Å². The molecule has 7 nitrogen and oxygen atoms in total. The number of nitrogens with one attached hydrogen (secondary N) is 2. The van der Waals surface area contributed by atoms with E-state index in [0.717, 1.165) is 28.9 Å². The van der Waals surface area contributed by atoms with Crippen molar-refractivity contribution in [3.63, 3.8) is 0 Å². The monoisotopic (exact) mass is 438 g/mol. The Morgan fingerprint density at radius 2 is 1.76 bits per heavy atom. The van der Waals surface area contributed by atoms with E-state index in [4.69, 9.17) is 0 Å². The van der Waals surface area contributed by atoms with E-state index in [1.807, 2.05) is 49.4 Å². The topological polar surface area (TPSA) is 92.7 Å². The van der Waals surface area contributed by atoms with Crippen LogP contribution in [0.1, 0.15) is 35.3 Å². The summed E-state index contributed by atoms with van der Waals surface area (Å²) in [6, 6.07) is 15.3. The van der Waals surface area contributed by atoms with Crippen LogP contribution in [0.2, 0.25) is 0 Å². The second-order valence-electron chi connectivity index (χ2n) is 8.30. The molecular weight excluding hydrogens is 412 g/mol. The molecule has 33 heavy (non-hydrogen) atoms. The van der Waals surface area contributed by atoms with Gasteiger partial charge in [0.2, 0.25) is 5.95 Å². The zero-order chi connectivity index (χ0) is 23.2. The van der Waals surface area contributed by atoms with Gasteiger partial charge in [-0.1, -0.05) is 32.0 Å². The predicted octanol–water partition coefficient (Wildman–Crippen LogP) is 5.44.